The van der Waals surface area contributed by atoms with E-state index in [1.807, 2.05) is 0 Å². The molecule has 0 saturated carbocycles. The molecule has 0 aliphatic carbocycles. The van der Waals surface area contributed by atoms with Gasteiger partial charge in [0.2, 0.25) is 0 Å². The van der Waals surface area contributed by atoms with Crippen LogP contribution < -0.4 is 0 Å². The van der Waals surface area contributed by atoms with Crippen LogP contribution >= 0.6 is 0 Å². The van der Waals surface area contributed by atoms with Gasteiger partial charge in [-0.25, -0.2) is 0 Å². The Hall–Kier alpha value is 0.966. The van der Waals surface area contributed by atoms with Crippen molar-refractivity contribution in [3.63, 3.8) is 0 Å². The molecule has 0 amide bonds. The summed E-state index contributed by atoms with van der Waals surface area (Å²) in [6, 6.07) is 0. The predicted octanol–water partition coefficient (Wildman–Crippen LogP) is 4.11. The SMILES string of the molecule is C1CCOC1.C1CCOC1.[CH2-]N([Si](C)(C)C)[Si](C)(C)C.[O]=[U]=[O]. The Bertz CT molecular complexity index is 266. The van der Waals surface area contributed by atoms with Crippen molar-refractivity contribution >= 4 is 16.5 Å². The maximum absolute atomic E-state index is 8.58. The molecule has 0 aromatic carbocycles. The van der Waals surface area contributed by atoms with E-state index in [9.17, 15) is 0 Å². The van der Waals surface area contributed by atoms with Crippen LogP contribution in [0.25, 0.3) is 0 Å². The molecule has 0 radical (unpaired) electrons. The molecule has 2 aliphatic heterocycles. The van der Waals surface area contributed by atoms with Crippen molar-refractivity contribution in [3.05, 3.63) is 7.05 Å². The van der Waals surface area contributed by atoms with Gasteiger partial charge in [-0.05, 0) is 25.7 Å². The second kappa shape index (κ2) is 15.2. The molecular weight excluding hydrogens is 552 g/mol. The normalized spacial score (nSPS) is 17.0. The van der Waals surface area contributed by atoms with Gasteiger partial charge in [0.05, 0.1) is 16.5 Å². The first-order chi connectivity index (χ1) is 10.6. The van der Waals surface area contributed by atoms with Crippen molar-refractivity contribution in [1.82, 2.24) is 4.23 Å². The van der Waals surface area contributed by atoms with Crippen LogP contribution in [0.2, 0.25) is 39.3 Å². The first-order valence-corrected chi connectivity index (χ1v) is 18.6. The summed E-state index contributed by atoms with van der Waals surface area (Å²) in [7, 11) is 1.91. The van der Waals surface area contributed by atoms with Crippen molar-refractivity contribution in [2.45, 2.75) is 65.0 Å². The van der Waals surface area contributed by atoms with Gasteiger partial charge in [0.1, 0.15) is 0 Å². The van der Waals surface area contributed by atoms with Crippen LogP contribution in [0.1, 0.15) is 25.7 Å². The Balaban J connectivity index is 0. The van der Waals surface area contributed by atoms with Crippen LogP contribution in [0.15, 0.2) is 0 Å². The summed E-state index contributed by atoms with van der Waals surface area (Å²) in [5.41, 5.74) is 0. The van der Waals surface area contributed by atoms with E-state index in [4.69, 9.17) is 13.9 Å². The van der Waals surface area contributed by atoms with Crippen molar-refractivity contribution in [1.29, 1.82) is 0 Å². The van der Waals surface area contributed by atoms with Gasteiger partial charge >= 0.3 is 32.3 Å². The fourth-order valence-electron chi connectivity index (χ4n) is 2.03. The molecule has 2 fully saturated rings. The van der Waals surface area contributed by atoms with Gasteiger partial charge < -0.3 is 13.7 Å². The minimum absolute atomic E-state index is 1.00. The van der Waals surface area contributed by atoms with Crippen LogP contribution in [-0.2, 0) is 13.9 Å². The molecule has 0 atom stereocenters. The Morgan fingerprint density at radius 3 is 1.00 bits per heavy atom. The van der Waals surface area contributed by atoms with Crippen molar-refractivity contribution < 1.29 is 41.8 Å². The van der Waals surface area contributed by atoms with E-state index in [1.165, 1.54) is 25.7 Å². The van der Waals surface area contributed by atoms with Gasteiger partial charge in [-0.2, -0.15) is 0 Å². The van der Waals surface area contributed by atoms with Gasteiger partial charge in [-0.1, -0.05) is 39.3 Å². The zero-order valence-electron chi connectivity index (χ0n) is 15.9. The number of rotatable bonds is 2. The number of hydrogen-bond acceptors (Lipinski definition) is 5. The Morgan fingerprint density at radius 1 is 0.739 bits per heavy atom. The first-order valence-electron chi connectivity index (χ1n) is 8.33. The molecule has 0 aromatic heterocycles. The van der Waals surface area contributed by atoms with Crippen LogP contribution in [0, 0.1) is 34.9 Å². The molecular formula is C15H36NO4Si2U-. The second-order valence-corrected chi connectivity index (χ2v) is 18.4. The third-order valence-electron chi connectivity index (χ3n) is 3.27. The van der Waals surface area contributed by atoms with Crippen molar-refractivity contribution in [2.24, 2.45) is 0 Å². The molecule has 8 heteroatoms. The summed E-state index contributed by atoms with van der Waals surface area (Å²) in [4.78, 5) is 0. The standard InChI is InChI=1S/C7H20NSi2.2C4H8O.2O.U/c1-8(9(2,3)4)10(5,6)7;2*1-2-4-5-3-1;;;/h1H2,2-7H3;2*1-4H2;;;/q-1;;;;;. The zero-order valence-corrected chi connectivity index (χ0v) is 22.1. The van der Waals surface area contributed by atoms with Crippen molar-refractivity contribution in [2.75, 3.05) is 26.4 Å². The molecule has 0 aromatic rings. The quantitative estimate of drug-likeness (QED) is 0.359. The molecule has 2 rings (SSSR count). The van der Waals surface area contributed by atoms with E-state index in [2.05, 4.69) is 50.6 Å². The first kappa shape index (κ1) is 26.2. The summed E-state index contributed by atoms with van der Waals surface area (Å²) in [5.74, 6) is 0. The molecule has 0 N–H and O–H groups in total. The monoisotopic (exact) mass is 588 g/mol. The average molecular weight is 589 g/mol. The number of nitrogens with zero attached hydrogens (tertiary/aromatic N) is 1. The van der Waals surface area contributed by atoms with Crippen LogP contribution in [-0.4, -0.2) is 47.1 Å². The van der Waals surface area contributed by atoms with Crippen LogP contribution in [0.3, 0.4) is 0 Å². The Morgan fingerprint density at radius 2 is 0.957 bits per heavy atom. The predicted molar refractivity (Wildman–Crippen MR) is 95.4 cm³/mol. The van der Waals surface area contributed by atoms with E-state index < -0.39 is 44.3 Å². The minimum atomic E-state index is -2.51. The molecule has 0 unspecified atom stereocenters. The van der Waals surface area contributed by atoms with Gasteiger partial charge in [0.25, 0.3) is 0 Å². The van der Waals surface area contributed by atoms with Gasteiger partial charge in [-0.15, -0.1) is 0 Å². The molecule has 0 spiro atoms. The fraction of sp³-hybridized carbons (Fsp3) is 0.933. The summed E-state index contributed by atoms with van der Waals surface area (Å²) in [6.45, 7) is 18.1. The second-order valence-electron chi connectivity index (χ2n) is 7.49. The molecule has 5 nitrogen and oxygen atoms in total. The molecule has 138 valence electrons. The third kappa shape index (κ3) is 19.1. The average Bonchev–Trinajstić information content (AvgIpc) is 3.15. The summed E-state index contributed by atoms with van der Waals surface area (Å²) < 4.78 is 29.5. The van der Waals surface area contributed by atoms with E-state index in [0.29, 0.717) is 0 Å². The molecule has 2 aliphatic rings. The summed E-state index contributed by atoms with van der Waals surface area (Å²) in [5, 5.41) is 0. The Kier molecular flexibility index (Phi) is 17.4. The summed E-state index contributed by atoms with van der Waals surface area (Å²) in [6.07, 6.45) is 5.11. The molecule has 0 bridgehead atoms. The summed E-state index contributed by atoms with van der Waals surface area (Å²) >= 11 is -2.51. The van der Waals surface area contributed by atoms with E-state index in [-0.39, 0.29) is 0 Å². The van der Waals surface area contributed by atoms with E-state index in [0.717, 1.165) is 26.4 Å². The number of ether oxygens (including phenoxy) is 2. The van der Waals surface area contributed by atoms with Crippen LogP contribution in [0.5, 0.6) is 0 Å². The van der Waals surface area contributed by atoms with E-state index >= 15 is 0 Å². The van der Waals surface area contributed by atoms with Gasteiger partial charge in [0, 0.05) is 26.4 Å². The van der Waals surface area contributed by atoms with Crippen LogP contribution in [0.4, 0.5) is 0 Å². The number of hydrogen-bond donors (Lipinski definition) is 0. The third-order valence-corrected chi connectivity index (χ3v) is 10.5. The van der Waals surface area contributed by atoms with Gasteiger partial charge in [-0.3, -0.25) is 7.05 Å². The molecule has 2 heterocycles. The Labute approximate surface area is 160 Å². The van der Waals surface area contributed by atoms with E-state index in [1.54, 1.807) is 0 Å². The maximum atomic E-state index is 8.58. The molecule has 2 saturated heterocycles. The zero-order chi connectivity index (χ0) is 18.4. The van der Waals surface area contributed by atoms with Crippen molar-refractivity contribution in [3.8, 4) is 0 Å². The topological polar surface area (TPSA) is 55.8 Å². The fourth-order valence-corrected chi connectivity index (χ4v) is 10.1. The molecule has 23 heavy (non-hydrogen) atoms. The van der Waals surface area contributed by atoms with Gasteiger partial charge in [0.15, 0.2) is 0 Å².